The summed E-state index contributed by atoms with van der Waals surface area (Å²) in [4.78, 5) is 17.9. The van der Waals surface area contributed by atoms with Gasteiger partial charge in [0.05, 0.1) is 35.4 Å². The van der Waals surface area contributed by atoms with Gasteiger partial charge in [-0.15, -0.1) is 11.3 Å². The zero-order valence-electron chi connectivity index (χ0n) is 22.0. The highest BCUT2D eigenvalue weighted by atomic mass is 32.2. The van der Waals surface area contributed by atoms with Crippen LogP contribution in [0.5, 0.6) is 11.5 Å². The van der Waals surface area contributed by atoms with Crippen LogP contribution in [0.1, 0.15) is 41.0 Å². The number of ether oxygens (including phenoxy) is 2. The number of carbonyl (C=O) groups is 1. The molecular formula is C27H30F3N3O5S2. The molecule has 0 unspecified atom stereocenters. The van der Waals surface area contributed by atoms with Crippen molar-refractivity contribution in [2.24, 2.45) is 0 Å². The number of benzene rings is 2. The Kier molecular flexibility index (Phi) is 9.37. The second kappa shape index (κ2) is 12.6. The number of rotatable bonds is 10. The average molecular weight is 598 g/mol. The number of amides is 1. The van der Waals surface area contributed by atoms with Crippen molar-refractivity contribution < 1.29 is 35.9 Å². The van der Waals surface area contributed by atoms with Gasteiger partial charge in [-0.25, -0.2) is 13.4 Å². The maximum Gasteiger partial charge on any atom is 0.416 e. The molecular weight excluding hydrogens is 567 g/mol. The summed E-state index contributed by atoms with van der Waals surface area (Å²) in [5, 5.41) is 2.74. The highest BCUT2D eigenvalue weighted by molar-refractivity contribution is 7.89. The number of hydrogen-bond donors (Lipinski definition) is 1. The van der Waals surface area contributed by atoms with Gasteiger partial charge < -0.3 is 14.8 Å². The number of sulfonamides is 1. The van der Waals surface area contributed by atoms with Crippen LogP contribution in [0, 0.1) is 6.92 Å². The smallest absolute Gasteiger partial charge is 0.416 e. The third-order valence-corrected chi connectivity index (χ3v) is 9.50. The lowest BCUT2D eigenvalue weighted by Crippen LogP contribution is -2.48. The number of nitrogens with zero attached hydrogens (tertiary/aromatic N) is 2. The lowest BCUT2D eigenvalue weighted by molar-refractivity contribution is -0.137. The molecule has 0 spiro atoms. The Morgan fingerprint density at radius 3 is 2.52 bits per heavy atom. The fourth-order valence-corrected chi connectivity index (χ4v) is 6.81. The number of hydrogen-bond acceptors (Lipinski definition) is 7. The minimum atomic E-state index is -4.61. The molecule has 8 nitrogen and oxygen atoms in total. The molecule has 13 heteroatoms. The fourth-order valence-electron chi connectivity index (χ4n) is 4.44. The predicted octanol–water partition coefficient (Wildman–Crippen LogP) is 4.96. The molecule has 3 aromatic rings. The average Bonchev–Trinajstić information content (AvgIpc) is 3.21. The molecule has 40 heavy (non-hydrogen) atoms. The van der Waals surface area contributed by atoms with Crippen LogP contribution in [0.3, 0.4) is 0 Å². The van der Waals surface area contributed by atoms with Gasteiger partial charge in [-0.1, -0.05) is 6.07 Å². The Morgan fingerprint density at radius 2 is 1.88 bits per heavy atom. The predicted molar refractivity (Wildman–Crippen MR) is 144 cm³/mol. The maximum atomic E-state index is 13.8. The summed E-state index contributed by atoms with van der Waals surface area (Å²) in [5.74, 6) is 0.409. The third-order valence-electron chi connectivity index (χ3n) is 6.64. The Hall–Kier alpha value is -3.16. The van der Waals surface area contributed by atoms with Crippen molar-refractivity contribution >= 4 is 27.3 Å². The van der Waals surface area contributed by atoms with Crippen LogP contribution in [-0.2, 0) is 34.0 Å². The molecule has 0 radical (unpaired) electrons. The number of aryl methyl sites for hydroxylation is 1. The van der Waals surface area contributed by atoms with Crippen molar-refractivity contribution in [1.82, 2.24) is 14.6 Å². The van der Waals surface area contributed by atoms with E-state index in [0.717, 1.165) is 39.1 Å². The third kappa shape index (κ3) is 6.94. The molecule has 1 aliphatic rings. The summed E-state index contributed by atoms with van der Waals surface area (Å²) in [7, 11) is -2.89. The lowest BCUT2D eigenvalue weighted by atomic mass is 10.1. The summed E-state index contributed by atoms with van der Waals surface area (Å²) in [5.41, 5.74) is 2.29. The second-order valence-corrected chi connectivity index (χ2v) is 12.1. The SMILES string of the molecule is COc1cc(CN([C@H]2CCCCNC2=O)S(=O)(=O)c2ccc(C(F)(F)F)cc2)ccc1OCCc1scnc1C. The molecule has 1 aliphatic heterocycles. The van der Waals surface area contributed by atoms with Crippen molar-refractivity contribution in [3.8, 4) is 11.5 Å². The first-order valence-corrected chi connectivity index (χ1v) is 15.0. The molecule has 1 fully saturated rings. The number of methoxy groups -OCH3 is 1. The van der Waals surface area contributed by atoms with E-state index in [4.69, 9.17) is 9.47 Å². The summed E-state index contributed by atoms with van der Waals surface area (Å²) >= 11 is 1.55. The fraction of sp³-hybridized carbons (Fsp3) is 0.407. The Bertz CT molecular complexity index is 1430. The monoisotopic (exact) mass is 597 g/mol. The van der Waals surface area contributed by atoms with Crippen LogP contribution in [0.25, 0.3) is 0 Å². The number of nitrogens with one attached hydrogen (secondary N) is 1. The summed E-state index contributed by atoms with van der Waals surface area (Å²) in [6, 6.07) is 7.24. The normalized spacial score (nSPS) is 16.4. The van der Waals surface area contributed by atoms with E-state index in [1.54, 1.807) is 35.0 Å². The summed E-state index contributed by atoms with van der Waals surface area (Å²) in [6.45, 7) is 2.54. The van der Waals surface area contributed by atoms with Crippen LogP contribution in [0.15, 0.2) is 52.9 Å². The van der Waals surface area contributed by atoms with E-state index in [0.29, 0.717) is 49.5 Å². The largest absolute Gasteiger partial charge is 0.493 e. The number of alkyl halides is 3. The Labute approximate surface area is 235 Å². The van der Waals surface area contributed by atoms with Crippen LogP contribution >= 0.6 is 11.3 Å². The summed E-state index contributed by atoms with van der Waals surface area (Å²) < 4.78 is 79.2. The zero-order chi connectivity index (χ0) is 28.9. The molecule has 0 saturated carbocycles. The molecule has 2 aromatic carbocycles. The number of aromatic nitrogens is 1. The minimum Gasteiger partial charge on any atom is -0.493 e. The molecule has 216 valence electrons. The molecule has 1 aromatic heterocycles. The zero-order valence-corrected chi connectivity index (χ0v) is 23.7. The maximum absolute atomic E-state index is 13.8. The van der Waals surface area contributed by atoms with E-state index in [1.165, 1.54) is 7.11 Å². The number of halogens is 3. The first kappa shape index (κ1) is 29.8. The standard InChI is InChI=1S/C27H30F3N3O5S2/c1-18-25(39-17-32-18)12-14-38-23-11-6-19(15-24(23)37-2)16-33(22-5-3-4-13-31-26(22)34)40(35,36)21-9-7-20(8-10-21)27(28,29)30/h6-11,15,17,22H,3-5,12-14,16H2,1-2H3,(H,31,34)/t22-/m0/s1. The first-order chi connectivity index (χ1) is 19.0. The van der Waals surface area contributed by atoms with E-state index in [9.17, 15) is 26.4 Å². The molecule has 1 saturated heterocycles. The molecule has 2 heterocycles. The van der Waals surface area contributed by atoms with Gasteiger partial charge >= 0.3 is 6.18 Å². The molecule has 0 aliphatic carbocycles. The van der Waals surface area contributed by atoms with Crippen LogP contribution < -0.4 is 14.8 Å². The van der Waals surface area contributed by atoms with Crippen LogP contribution in [0.2, 0.25) is 0 Å². The van der Waals surface area contributed by atoms with Crippen molar-refractivity contribution in [2.75, 3.05) is 20.3 Å². The van der Waals surface area contributed by atoms with Gasteiger partial charge in [0.2, 0.25) is 15.9 Å². The number of carbonyl (C=O) groups excluding carboxylic acids is 1. The van der Waals surface area contributed by atoms with Gasteiger partial charge in [0.25, 0.3) is 0 Å². The van der Waals surface area contributed by atoms with Crippen LogP contribution in [-0.4, -0.2) is 49.9 Å². The van der Waals surface area contributed by atoms with Gasteiger partial charge in [0.1, 0.15) is 6.04 Å². The topological polar surface area (TPSA) is 97.8 Å². The second-order valence-electron chi connectivity index (χ2n) is 9.32. The molecule has 0 bridgehead atoms. The molecule has 1 N–H and O–H groups in total. The number of thiazole rings is 1. The van der Waals surface area contributed by atoms with Crippen molar-refractivity contribution in [2.45, 2.75) is 56.3 Å². The van der Waals surface area contributed by atoms with Gasteiger partial charge in [0, 0.05) is 24.4 Å². The van der Waals surface area contributed by atoms with E-state index in [1.807, 2.05) is 6.92 Å². The van der Waals surface area contributed by atoms with Gasteiger partial charge in [-0.2, -0.15) is 17.5 Å². The van der Waals surface area contributed by atoms with E-state index in [2.05, 4.69) is 10.3 Å². The van der Waals surface area contributed by atoms with Gasteiger partial charge in [-0.05, 0) is 68.1 Å². The Morgan fingerprint density at radius 1 is 1.12 bits per heavy atom. The molecule has 1 atom stereocenters. The molecule has 4 rings (SSSR count). The van der Waals surface area contributed by atoms with E-state index in [-0.39, 0.29) is 17.9 Å². The van der Waals surface area contributed by atoms with Gasteiger partial charge in [0.15, 0.2) is 11.5 Å². The summed E-state index contributed by atoms with van der Waals surface area (Å²) in [6.07, 6.45) is -2.36. The van der Waals surface area contributed by atoms with Crippen molar-refractivity contribution in [3.63, 3.8) is 0 Å². The van der Waals surface area contributed by atoms with Gasteiger partial charge in [-0.3, -0.25) is 4.79 Å². The minimum absolute atomic E-state index is 0.196. The lowest BCUT2D eigenvalue weighted by Gasteiger charge is -2.29. The first-order valence-electron chi connectivity index (χ1n) is 12.7. The van der Waals surface area contributed by atoms with Crippen molar-refractivity contribution in [1.29, 1.82) is 0 Å². The Balaban J connectivity index is 1.61. The molecule has 1 amide bonds. The van der Waals surface area contributed by atoms with E-state index < -0.39 is 33.7 Å². The quantitative estimate of drug-likeness (QED) is 0.355. The highest BCUT2D eigenvalue weighted by Crippen LogP contribution is 2.33. The van der Waals surface area contributed by atoms with E-state index >= 15 is 0 Å². The highest BCUT2D eigenvalue weighted by Gasteiger charge is 2.37. The van der Waals surface area contributed by atoms with Crippen molar-refractivity contribution in [3.05, 3.63) is 69.7 Å². The van der Waals surface area contributed by atoms with Crippen LogP contribution in [0.4, 0.5) is 13.2 Å².